The lowest BCUT2D eigenvalue weighted by atomic mass is 9.95. The van der Waals surface area contributed by atoms with Gasteiger partial charge < -0.3 is 5.11 Å². The van der Waals surface area contributed by atoms with Gasteiger partial charge in [0.25, 0.3) is 11.7 Å². The summed E-state index contributed by atoms with van der Waals surface area (Å²) in [5.74, 6) is -2.55. The van der Waals surface area contributed by atoms with Gasteiger partial charge in [-0.3, -0.25) is 14.5 Å². The number of para-hydroxylation sites is 1. The predicted molar refractivity (Wildman–Crippen MR) is 104 cm³/mol. The minimum Gasteiger partial charge on any atom is -0.507 e. The van der Waals surface area contributed by atoms with Crippen LogP contribution in [-0.4, -0.2) is 16.8 Å². The fourth-order valence-electron chi connectivity index (χ4n) is 3.43. The van der Waals surface area contributed by atoms with E-state index in [0.717, 1.165) is 0 Å². The summed E-state index contributed by atoms with van der Waals surface area (Å²) in [5, 5.41) is 10.9. The zero-order valence-electron chi connectivity index (χ0n) is 14.7. The first kappa shape index (κ1) is 17.7. The number of carbonyl (C=O) groups is 2. The molecule has 0 unspecified atom stereocenters. The van der Waals surface area contributed by atoms with E-state index in [4.69, 9.17) is 0 Å². The summed E-state index contributed by atoms with van der Waals surface area (Å²) in [7, 11) is 0. The van der Waals surface area contributed by atoms with E-state index < -0.39 is 23.5 Å². The Hall–Kier alpha value is -3.73. The lowest BCUT2D eigenvalue weighted by Gasteiger charge is -2.25. The predicted octanol–water partition coefficient (Wildman–Crippen LogP) is 4.45. The average Bonchev–Trinajstić information content (AvgIpc) is 3.00. The molecule has 0 bridgehead atoms. The van der Waals surface area contributed by atoms with E-state index in [2.05, 4.69) is 0 Å². The molecule has 3 aromatic carbocycles. The normalized spacial score (nSPS) is 18.5. The van der Waals surface area contributed by atoms with E-state index in [1.54, 1.807) is 66.7 Å². The van der Waals surface area contributed by atoms with Crippen LogP contribution in [0.15, 0.2) is 90.5 Å². The Morgan fingerprint density at radius 1 is 0.821 bits per heavy atom. The molecule has 28 heavy (non-hydrogen) atoms. The van der Waals surface area contributed by atoms with Crippen LogP contribution < -0.4 is 4.90 Å². The molecule has 1 heterocycles. The fraction of sp³-hybridized carbons (Fsp3) is 0.0435. The quantitative estimate of drug-likeness (QED) is 0.419. The van der Waals surface area contributed by atoms with Crippen LogP contribution in [0.4, 0.5) is 10.1 Å². The number of nitrogens with zero attached hydrogens (tertiary/aromatic N) is 1. The minimum absolute atomic E-state index is 0.134. The number of aliphatic hydroxyl groups excluding tert-OH is 1. The standard InChI is InChI=1S/C23H16FNO3/c24-18-14-8-7-13-17(18)20-19(21(26)15-9-3-1-4-10-15)22(27)23(28)25(20)16-11-5-2-6-12-16/h1-14,20,26H/t20-/m1/s1. The van der Waals surface area contributed by atoms with Crippen molar-refractivity contribution in [1.82, 2.24) is 0 Å². The van der Waals surface area contributed by atoms with Crippen molar-refractivity contribution < 1.29 is 19.1 Å². The van der Waals surface area contributed by atoms with E-state index in [-0.39, 0.29) is 16.9 Å². The van der Waals surface area contributed by atoms with E-state index in [1.165, 1.54) is 23.1 Å². The fourth-order valence-corrected chi connectivity index (χ4v) is 3.43. The third-order valence-electron chi connectivity index (χ3n) is 4.73. The van der Waals surface area contributed by atoms with Crippen molar-refractivity contribution in [2.45, 2.75) is 6.04 Å². The maximum Gasteiger partial charge on any atom is 0.300 e. The topological polar surface area (TPSA) is 57.6 Å². The number of ketones is 1. The van der Waals surface area contributed by atoms with Crippen molar-refractivity contribution in [1.29, 1.82) is 0 Å². The zero-order valence-corrected chi connectivity index (χ0v) is 14.7. The molecule has 1 atom stereocenters. The van der Waals surface area contributed by atoms with E-state index >= 15 is 0 Å². The highest BCUT2D eigenvalue weighted by molar-refractivity contribution is 6.51. The highest BCUT2D eigenvalue weighted by atomic mass is 19.1. The maximum absolute atomic E-state index is 14.7. The second-order valence-electron chi connectivity index (χ2n) is 6.39. The molecule has 0 saturated carbocycles. The first-order chi connectivity index (χ1) is 13.6. The number of Topliss-reactive ketones (excluding diaryl/α,β-unsaturated/α-hetero) is 1. The number of anilines is 1. The van der Waals surface area contributed by atoms with Gasteiger partial charge in [0.15, 0.2) is 0 Å². The van der Waals surface area contributed by atoms with Crippen molar-refractivity contribution in [3.63, 3.8) is 0 Å². The van der Waals surface area contributed by atoms with Crippen LogP contribution in [0.2, 0.25) is 0 Å². The van der Waals surface area contributed by atoms with Gasteiger partial charge in [0.1, 0.15) is 11.6 Å². The van der Waals surface area contributed by atoms with Crippen LogP contribution in [-0.2, 0) is 9.59 Å². The van der Waals surface area contributed by atoms with E-state index in [1.807, 2.05) is 0 Å². The zero-order chi connectivity index (χ0) is 19.7. The molecule has 0 aliphatic carbocycles. The smallest absolute Gasteiger partial charge is 0.300 e. The molecule has 4 nitrogen and oxygen atoms in total. The number of amides is 1. The van der Waals surface area contributed by atoms with Gasteiger partial charge in [-0.25, -0.2) is 4.39 Å². The Labute approximate surface area is 161 Å². The first-order valence-electron chi connectivity index (χ1n) is 8.75. The summed E-state index contributed by atoms with van der Waals surface area (Å²) in [6.45, 7) is 0. The number of hydrogen-bond donors (Lipinski definition) is 1. The van der Waals surface area contributed by atoms with Crippen molar-refractivity contribution in [3.8, 4) is 0 Å². The third-order valence-corrected chi connectivity index (χ3v) is 4.73. The Balaban J connectivity index is 1.98. The third kappa shape index (κ3) is 2.87. The molecule has 1 aliphatic heterocycles. The highest BCUT2D eigenvalue weighted by Crippen LogP contribution is 2.42. The van der Waals surface area contributed by atoms with Crippen LogP contribution in [0.5, 0.6) is 0 Å². The Morgan fingerprint density at radius 3 is 2.04 bits per heavy atom. The molecule has 0 radical (unpaired) electrons. The number of benzene rings is 3. The molecule has 1 saturated heterocycles. The van der Waals surface area contributed by atoms with Crippen LogP contribution >= 0.6 is 0 Å². The summed E-state index contributed by atoms with van der Waals surface area (Å²) >= 11 is 0. The van der Waals surface area contributed by atoms with Gasteiger partial charge in [-0.15, -0.1) is 0 Å². The molecule has 1 amide bonds. The monoisotopic (exact) mass is 373 g/mol. The lowest BCUT2D eigenvalue weighted by Crippen LogP contribution is -2.29. The largest absolute Gasteiger partial charge is 0.507 e. The number of hydrogen-bond acceptors (Lipinski definition) is 3. The number of rotatable bonds is 3. The van der Waals surface area contributed by atoms with Gasteiger partial charge in [-0.05, 0) is 18.2 Å². The van der Waals surface area contributed by atoms with Crippen LogP contribution in [0, 0.1) is 5.82 Å². The van der Waals surface area contributed by atoms with Gasteiger partial charge in [0, 0.05) is 16.8 Å². The molecular formula is C23H16FNO3. The summed E-state index contributed by atoms with van der Waals surface area (Å²) in [5.41, 5.74) is 0.841. The van der Waals surface area contributed by atoms with Crippen molar-refractivity contribution >= 4 is 23.1 Å². The van der Waals surface area contributed by atoms with Gasteiger partial charge in [0.05, 0.1) is 11.6 Å². The molecular weight excluding hydrogens is 357 g/mol. The van der Waals surface area contributed by atoms with Crippen molar-refractivity contribution in [2.75, 3.05) is 4.90 Å². The summed E-state index contributed by atoms with van der Waals surface area (Å²) < 4.78 is 14.7. The maximum atomic E-state index is 14.7. The molecule has 1 N–H and O–H groups in total. The van der Waals surface area contributed by atoms with Crippen LogP contribution in [0.1, 0.15) is 17.2 Å². The summed E-state index contributed by atoms with van der Waals surface area (Å²) in [4.78, 5) is 27.0. The Kier molecular flexibility index (Phi) is 4.49. The first-order valence-corrected chi connectivity index (χ1v) is 8.75. The second kappa shape index (κ2) is 7.12. The summed E-state index contributed by atoms with van der Waals surface area (Å²) in [6.07, 6.45) is 0. The minimum atomic E-state index is -1.07. The molecule has 3 aromatic rings. The van der Waals surface area contributed by atoms with E-state index in [0.29, 0.717) is 11.3 Å². The van der Waals surface area contributed by atoms with Gasteiger partial charge in [-0.1, -0.05) is 66.7 Å². The van der Waals surface area contributed by atoms with Crippen molar-refractivity contribution in [2.24, 2.45) is 0 Å². The Bertz CT molecular complexity index is 1080. The summed E-state index contributed by atoms with van der Waals surface area (Å²) in [6, 6.07) is 21.9. The molecule has 1 fully saturated rings. The average molecular weight is 373 g/mol. The van der Waals surface area contributed by atoms with Crippen molar-refractivity contribution in [3.05, 3.63) is 107 Å². The van der Waals surface area contributed by atoms with Crippen LogP contribution in [0.25, 0.3) is 5.76 Å². The molecule has 0 spiro atoms. The molecule has 138 valence electrons. The molecule has 5 heteroatoms. The van der Waals surface area contributed by atoms with Crippen LogP contribution in [0.3, 0.4) is 0 Å². The number of aliphatic hydroxyl groups is 1. The van der Waals surface area contributed by atoms with Gasteiger partial charge in [0.2, 0.25) is 0 Å². The number of carbonyl (C=O) groups excluding carboxylic acids is 2. The molecule has 0 aromatic heterocycles. The Morgan fingerprint density at radius 2 is 1.39 bits per heavy atom. The van der Waals surface area contributed by atoms with Gasteiger partial charge in [-0.2, -0.15) is 0 Å². The molecule has 1 aliphatic rings. The van der Waals surface area contributed by atoms with Gasteiger partial charge >= 0.3 is 0 Å². The van der Waals surface area contributed by atoms with E-state index in [9.17, 15) is 19.1 Å². The SMILES string of the molecule is O=C1C(=O)N(c2ccccc2)[C@H](c2ccccc2F)C1=C(O)c1ccccc1. The lowest BCUT2D eigenvalue weighted by molar-refractivity contribution is -0.132. The molecule has 4 rings (SSSR count). The second-order valence-corrected chi connectivity index (χ2v) is 6.39. The highest BCUT2D eigenvalue weighted by Gasteiger charge is 2.47. The number of halogens is 1.